The minimum Gasteiger partial charge on any atom is -0.480 e. The summed E-state index contributed by atoms with van der Waals surface area (Å²) >= 11 is 0. The van der Waals surface area contributed by atoms with Crippen LogP contribution >= 0.6 is 0 Å². The summed E-state index contributed by atoms with van der Waals surface area (Å²) in [5.41, 5.74) is 1.24. The van der Waals surface area contributed by atoms with Gasteiger partial charge >= 0.3 is 5.97 Å². The van der Waals surface area contributed by atoms with E-state index in [0.717, 1.165) is 11.3 Å². The van der Waals surface area contributed by atoms with Crippen LogP contribution in [0.5, 0.6) is 0 Å². The van der Waals surface area contributed by atoms with E-state index in [2.05, 4.69) is 5.32 Å². The molecule has 0 aliphatic heterocycles. The maximum absolute atomic E-state index is 11.2. The van der Waals surface area contributed by atoms with Crippen molar-refractivity contribution < 1.29 is 9.90 Å². The number of hydrogen-bond donors (Lipinski definition) is 2. The van der Waals surface area contributed by atoms with E-state index in [0.29, 0.717) is 6.54 Å². The Bertz CT molecular complexity index is 406. The number of rotatable bonds is 5. The average Bonchev–Trinajstić information content (AvgIpc) is 2.29. The molecule has 0 radical (unpaired) electrons. The van der Waals surface area contributed by atoms with E-state index in [1.807, 2.05) is 43.1 Å². The minimum absolute atomic E-state index is 0.406. The summed E-state index contributed by atoms with van der Waals surface area (Å²) in [6.07, 6.45) is 0. The van der Waals surface area contributed by atoms with Crippen molar-refractivity contribution in [2.45, 2.75) is 19.4 Å². The van der Waals surface area contributed by atoms with Gasteiger partial charge in [-0.3, -0.25) is 4.79 Å². The molecule has 0 saturated carbocycles. The summed E-state index contributed by atoms with van der Waals surface area (Å²) in [5.74, 6) is -0.847. The number of para-hydroxylation sites is 1. The quantitative estimate of drug-likeness (QED) is 0.813. The van der Waals surface area contributed by atoms with Crippen LogP contribution in [-0.2, 0) is 4.79 Å². The number of hydrogen-bond acceptors (Lipinski definition) is 3. The summed E-state index contributed by atoms with van der Waals surface area (Å²) < 4.78 is 0. The van der Waals surface area contributed by atoms with E-state index in [9.17, 15) is 9.90 Å². The van der Waals surface area contributed by atoms with E-state index >= 15 is 0 Å². The standard InChI is InChI=1S/C13H20N2O2/c1-10-7-5-6-8-11(10)15(4)9-13(2,14-3)12(16)17/h5-8,14H,9H2,1-4H3,(H,16,17). The molecule has 0 aromatic heterocycles. The van der Waals surface area contributed by atoms with Crippen molar-refractivity contribution in [3.8, 4) is 0 Å². The number of carboxylic acid groups (broad SMARTS) is 1. The molecule has 4 nitrogen and oxygen atoms in total. The van der Waals surface area contributed by atoms with Crippen molar-refractivity contribution in [2.24, 2.45) is 0 Å². The molecule has 1 atom stereocenters. The van der Waals surface area contributed by atoms with Gasteiger partial charge in [0.2, 0.25) is 0 Å². The number of aryl methyl sites for hydroxylation is 1. The van der Waals surface area contributed by atoms with Crippen molar-refractivity contribution >= 4 is 11.7 Å². The van der Waals surface area contributed by atoms with Gasteiger partial charge in [0, 0.05) is 19.3 Å². The first kappa shape index (κ1) is 13.5. The molecule has 0 spiro atoms. The fourth-order valence-corrected chi connectivity index (χ4v) is 1.80. The van der Waals surface area contributed by atoms with Crippen LogP contribution in [0.2, 0.25) is 0 Å². The highest BCUT2D eigenvalue weighted by atomic mass is 16.4. The third-order valence-corrected chi connectivity index (χ3v) is 3.10. The number of aliphatic carboxylic acids is 1. The normalized spacial score (nSPS) is 14.1. The third-order valence-electron chi connectivity index (χ3n) is 3.10. The van der Waals surface area contributed by atoms with Crippen LogP contribution in [-0.4, -0.2) is 37.3 Å². The van der Waals surface area contributed by atoms with Crippen LogP contribution in [0.25, 0.3) is 0 Å². The summed E-state index contributed by atoms with van der Waals surface area (Å²) in [6, 6.07) is 7.94. The first-order chi connectivity index (χ1) is 7.90. The molecule has 1 rings (SSSR count). The van der Waals surface area contributed by atoms with Crippen molar-refractivity contribution in [3.05, 3.63) is 29.8 Å². The van der Waals surface area contributed by atoms with E-state index in [-0.39, 0.29) is 0 Å². The topological polar surface area (TPSA) is 52.6 Å². The number of nitrogens with zero attached hydrogens (tertiary/aromatic N) is 1. The van der Waals surface area contributed by atoms with Gasteiger partial charge < -0.3 is 15.3 Å². The lowest BCUT2D eigenvalue weighted by Gasteiger charge is -2.31. The monoisotopic (exact) mass is 236 g/mol. The Morgan fingerprint density at radius 2 is 2.06 bits per heavy atom. The van der Waals surface area contributed by atoms with Gasteiger partial charge in [-0.15, -0.1) is 0 Å². The molecular formula is C13H20N2O2. The van der Waals surface area contributed by atoms with Gasteiger partial charge in [0.15, 0.2) is 0 Å². The lowest BCUT2D eigenvalue weighted by molar-refractivity contribution is -0.143. The fourth-order valence-electron chi connectivity index (χ4n) is 1.80. The molecule has 0 bridgehead atoms. The van der Waals surface area contributed by atoms with Crippen molar-refractivity contribution in [1.29, 1.82) is 0 Å². The van der Waals surface area contributed by atoms with Crippen molar-refractivity contribution in [2.75, 3.05) is 25.5 Å². The largest absolute Gasteiger partial charge is 0.480 e. The highest BCUT2D eigenvalue weighted by Gasteiger charge is 2.32. The van der Waals surface area contributed by atoms with E-state index in [4.69, 9.17) is 0 Å². The number of anilines is 1. The third kappa shape index (κ3) is 2.97. The predicted octanol–water partition coefficient (Wildman–Crippen LogP) is 1.49. The predicted molar refractivity (Wildman–Crippen MR) is 69.5 cm³/mol. The number of nitrogens with one attached hydrogen (secondary N) is 1. The lowest BCUT2D eigenvalue weighted by Crippen LogP contribution is -2.55. The number of carboxylic acids is 1. The summed E-state index contributed by atoms with van der Waals surface area (Å²) in [5, 5.41) is 12.1. The van der Waals surface area contributed by atoms with Crippen LogP contribution < -0.4 is 10.2 Å². The molecule has 1 aromatic carbocycles. The Hall–Kier alpha value is -1.55. The Balaban J connectivity index is 2.89. The second-order valence-electron chi connectivity index (χ2n) is 4.53. The molecule has 4 heteroatoms. The van der Waals surface area contributed by atoms with Gasteiger partial charge in [0.25, 0.3) is 0 Å². The number of likely N-dealkylation sites (N-methyl/N-ethyl adjacent to an activating group) is 2. The van der Waals surface area contributed by atoms with Gasteiger partial charge in [0.05, 0.1) is 0 Å². The number of carbonyl (C=O) groups is 1. The molecule has 0 aliphatic rings. The van der Waals surface area contributed by atoms with Gasteiger partial charge in [-0.2, -0.15) is 0 Å². The highest BCUT2D eigenvalue weighted by molar-refractivity contribution is 5.79. The van der Waals surface area contributed by atoms with Crippen LogP contribution in [0.4, 0.5) is 5.69 Å². The van der Waals surface area contributed by atoms with Gasteiger partial charge in [-0.05, 0) is 32.5 Å². The smallest absolute Gasteiger partial charge is 0.325 e. The molecular weight excluding hydrogens is 216 g/mol. The molecule has 1 aromatic rings. The zero-order valence-corrected chi connectivity index (χ0v) is 10.8. The fraction of sp³-hybridized carbons (Fsp3) is 0.462. The molecule has 0 heterocycles. The first-order valence-corrected chi connectivity index (χ1v) is 5.60. The summed E-state index contributed by atoms with van der Waals surface area (Å²) in [4.78, 5) is 13.2. The SMILES string of the molecule is CNC(C)(CN(C)c1ccccc1C)C(=O)O. The van der Waals surface area contributed by atoms with E-state index in [1.165, 1.54) is 0 Å². The second-order valence-corrected chi connectivity index (χ2v) is 4.53. The summed E-state index contributed by atoms with van der Waals surface area (Å²) in [6.45, 7) is 4.11. The Kier molecular flexibility index (Phi) is 4.12. The summed E-state index contributed by atoms with van der Waals surface area (Å²) in [7, 11) is 3.57. The molecule has 0 amide bonds. The average molecular weight is 236 g/mol. The van der Waals surface area contributed by atoms with Crippen molar-refractivity contribution in [3.63, 3.8) is 0 Å². The molecule has 0 aliphatic carbocycles. The molecule has 0 fully saturated rings. The lowest BCUT2D eigenvalue weighted by atomic mass is 10.0. The second kappa shape index (κ2) is 5.19. The maximum Gasteiger partial charge on any atom is 0.325 e. The first-order valence-electron chi connectivity index (χ1n) is 5.60. The van der Waals surface area contributed by atoms with Gasteiger partial charge in [0.1, 0.15) is 5.54 Å². The van der Waals surface area contributed by atoms with E-state index < -0.39 is 11.5 Å². The maximum atomic E-state index is 11.2. The molecule has 94 valence electrons. The molecule has 17 heavy (non-hydrogen) atoms. The Labute approximate surface area is 102 Å². The zero-order valence-electron chi connectivity index (χ0n) is 10.8. The van der Waals surface area contributed by atoms with Crippen LogP contribution in [0.15, 0.2) is 24.3 Å². The minimum atomic E-state index is -0.947. The van der Waals surface area contributed by atoms with Crippen LogP contribution in [0, 0.1) is 6.92 Å². The molecule has 2 N–H and O–H groups in total. The number of benzene rings is 1. The Morgan fingerprint density at radius 3 is 2.53 bits per heavy atom. The van der Waals surface area contributed by atoms with Gasteiger partial charge in [-0.25, -0.2) is 0 Å². The zero-order chi connectivity index (χ0) is 13.1. The van der Waals surface area contributed by atoms with E-state index in [1.54, 1.807) is 14.0 Å². The molecule has 0 saturated heterocycles. The van der Waals surface area contributed by atoms with Crippen LogP contribution in [0.1, 0.15) is 12.5 Å². The van der Waals surface area contributed by atoms with Crippen LogP contribution in [0.3, 0.4) is 0 Å². The highest BCUT2D eigenvalue weighted by Crippen LogP contribution is 2.19. The molecule has 1 unspecified atom stereocenters. The Morgan fingerprint density at radius 1 is 1.47 bits per heavy atom. The van der Waals surface area contributed by atoms with Gasteiger partial charge in [-0.1, -0.05) is 18.2 Å². The van der Waals surface area contributed by atoms with Crippen molar-refractivity contribution in [1.82, 2.24) is 5.32 Å².